The smallest absolute Gasteiger partial charge is 0.369 e. The minimum Gasteiger partial charge on any atom is -0.369 e. The van der Waals surface area contributed by atoms with E-state index in [2.05, 4.69) is 5.32 Å². The number of alkyl halides is 3. The molecule has 2 fully saturated rings. The lowest BCUT2D eigenvalue weighted by molar-refractivity contribution is -0.138. The van der Waals surface area contributed by atoms with Crippen molar-refractivity contribution < 1.29 is 22.7 Å². The molecule has 7 heteroatoms. The number of carbonyl (C=O) groups is 1. The number of rotatable bonds is 1. The molecule has 1 aromatic rings. The maximum absolute atomic E-state index is 13.3. The Bertz CT molecular complexity index is 563. The predicted octanol–water partition coefficient (Wildman–Crippen LogP) is 2.19. The van der Waals surface area contributed by atoms with Gasteiger partial charge in [-0.15, -0.1) is 0 Å². The molecule has 0 bridgehead atoms. The largest absolute Gasteiger partial charge is 0.418 e. The summed E-state index contributed by atoms with van der Waals surface area (Å²) in [5.74, 6) is -0.424. The van der Waals surface area contributed by atoms with E-state index < -0.39 is 23.2 Å². The molecule has 2 aliphatic rings. The highest BCUT2D eigenvalue weighted by Crippen LogP contribution is 2.41. The fourth-order valence-electron chi connectivity index (χ4n) is 3.29. The summed E-state index contributed by atoms with van der Waals surface area (Å²) >= 11 is 0. The fourth-order valence-corrected chi connectivity index (χ4v) is 3.29. The van der Waals surface area contributed by atoms with Crippen LogP contribution in [0.25, 0.3) is 0 Å². The zero-order chi connectivity index (χ0) is 15.8. The van der Waals surface area contributed by atoms with E-state index in [1.807, 2.05) is 0 Å². The molecule has 2 heterocycles. The molecule has 1 spiro atoms. The molecule has 2 aliphatic heterocycles. The van der Waals surface area contributed by atoms with Crippen LogP contribution in [0.4, 0.5) is 18.9 Å². The average molecular weight is 314 g/mol. The van der Waals surface area contributed by atoms with Gasteiger partial charge >= 0.3 is 6.18 Å². The van der Waals surface area contributed by atoms with E-state index in [0.29, 0.717) is 13.0 Å². The number of nitrogens with zero attached hydrogens (tertiary/aromatic N) is 1. The van der Waals surface area contributed by atoms with Gasteiger partial charge in [0, 0.05) is 6.54 Å². The number of hydrogen-bond donors (Lipinski definition) is 1. The minimum atomic E-state index is -4.50. The van der Waals surface area contributed by atoms with Gasteiger partial charge in [-0.1, -0.05) is 12.1 Å². The zero-order valence-electron chi connectivity index (χ0n) is 11.9. The standard InChI is InChI=1S/C15H17F3N2O2/c16-15(17,18)11-4-1-2-5-12(11)20-13(21)8-22-10-14(20)6-3-7-19-9-14/h1-2,4-5,19H,3,6-10H2. The van der Waals surface area contributed by atoms with Crippen LogP contribution in [-0.4, -0.2) is 37.7 Å². The van der Waals surface area contributed by atoms with Crippen LogP contribution in [0.1, 0.15) is 18.4 Å². The SMILES string of the molecule is O=C1COCC2(CCCNC2)N1c1ccccc1C(F)(F)F. The number of halogens is 3. The van der Waals surface area contributed by atoms with Crippen molar-refractivity contribution in [2.45, 2.75) is 24.6 Å². The number of ether oxygens (including phenoxy) is 1. The number of benzene rings is 1. The number of piperidine rings is 1. The second kappa shape index (κ2) is 5.55. The Kier molecular flexibility index (Phi) is 3.86. The zero-order valence-corrected chi connectivity index (χ0v) is 11.9. The van der Waals surface area contributed by atoms with Gasteiger partial charge in [0.1, 0.15) is 6.61 Å². The summed E-state index contributed by atoms with van der Waals surface area (Å²) in [6.45, 7) is 1.29. The van der Waals surface area contributed by atoms with Gasteiger partial charge < -0.3 is 15.0 Å². The topological polar surface area (TPSA) is 41.6 Å². The van der Waals surface area contributed by atoms with Crippen LogP contribution in [0.2, 0.25) is 0 Å². The molecule has 0 saturated carbocycles. The second-order valence-electron chi connectivity index (χ2n) is 5.74. The molecule has 1 unspecified atom stereocenters. The molecule has 4 nitrogen and oxygen atoms in total. The number of morpholine rings is 1. The maximum atomic E-state index is 13.3. The molecule has 22 heavy (non-hydrogen) atoms. The summed E-state index contributed by atoms with van der Waals surface area (Å²) in [6.07, 6.45) is -3.09. The quantitative estimate of drug-likeness (QED) is 0.864. The lowest BCUT2D eigenvalue weighted by Crippen LogP contribution is -2.66. The van der Waals surface area contributed by atoms with Crippen LogP contribution >= 0.6 is 0 Å². The molecule has 0 aromatic heterocycles. The summed E-state index contributed by atoms with van der Waals surface area (Å²) in [4.78, 5) is 13.7. The van der Waals surface area contributed by atoms with Crippen LogP contribution in [0.5, 0.6) is 0 Å². The summed E-state index contributed by atoms with van der Waals surface area (Å²) in [5.41, 5.74) is -1.60. The Hall–Kier alpha value is -1.60. The van der Waals surface area contributed by atoms with Gasteiger partial charge in [-0.3, -0.25) is 4.79 Å². The Morgan fingerprint density at radius 2 is 2.05 bits per heavy atom. The van der Waals surface area contributed by atoms with Crippen molar-refractivity contribution in [3.05, 3.63) is 29.8 Å². The van der Waals surface area contributed by atoms with Crippen LogP contribution in [-0.2, 0) is 15.7 Å². The Labute approximate surface area is 126 Å². The van der Waals surface area contributed by atoms with Gasteiger partial charge in [-0.2, -0.15) is 13.2 Å². The monoisotopic (exact) mass is 314 g/mol. The first-order valence-electron chi connectivity index (χ1n) is 7.22. The van der Waals surface area contributed by atoms with E-state index in [9.17, 15) is 18.0 Å². The van der Waals surface area contributed by atoms with Crippen LogP contribution in [0.3, 0.4) is 0 Å². The first-order valence-corrected chi connectivity index (χ1v) is 7.22. The normalized spacial score (nSPS) is 26.5. The minimum absolute atomic E-state index is 0.0769. The number of carbonyl (C=O) groups excluding carboxylic acids is 1. The Balaban J connectivity index is 2.09. The third kappa shape index (κ3) is 2.59. The molecule has 3 rings (SSSR count). The summed E-state index contributed by atoms with van der Waals surface area (Å²) in [5, 5.41) is 3.17. The van der Waals surface area contributed by atoms with Gasteiger partial charge in [0.25, 0.3) is 5.91 Å². The third-order valence-corrected chi connectivity index (χ3v) is 4.22. The molecular weight excluding hydrogens is 297 g/mol. The van der Waals surface area contributed by atoms with E-state index in [-0.39, 0.29) is 18.9 Å². The van der Waals surface area contributed by atoms with Gasteiger partial charge in [0.15, 0.2) is 0 Å². The van der Waals surface area contributed by atoms with Gasteiger partial charge in [-0.25, -0.2) is 0 Å². The molecule has 1 amide bonds. The van der Waals surface area contributed by atoms with E-state index >= 15 is 0 Å². The molecule has 1 N–H and O–H groups in total. The van der Waals surface area contributed by atoms with Gasteiger partial charge in [-0.05, 0) is 31.5 Å². The Morgan fingerprint density at radius 1 is 1.27 bits per heavy atom. The van der Waals surface area contributed by atoms with Crippen molar-refractivity contribution in [1.29, 1.82) is 0 Å². The van der Waals surface area contributed by atoms with E-state index in [1.54, 1.807) is 0 Å². The second-order valence-corrected chi connectivity index (χ2v) is 5.74. The molecule has 1 aromatic carbocycles. The highest BCUT2D eigenvalue weighted by atomic mass is 19.4. The molecule has 0 aliphatic carbocycles. The predicted molar refractivity (Wildman–Crippen MR) is 74.6 cm³/mol. The van der Waals surface area contributed by atoms with Crippen molar-refractivity contribution >= 4 is 11.6 Å². The average Bonchev–Trinajstić information content (AvgIpc) is 2.47. The van der Waals surface area contributed by atoms with Gasteiger partial charge in [0.2, 0.25) is 0 Å². The molecule has 0 radical (unpaired) electrons. The lowest BCUT2D eigenvalue weighted by atomic mass is 9.86. The van der Waals surface area contributed by atoms with Crippen LogP contribution < -0.4 is 10.2 Å². The summed E-state index contributed by atoms with van der Waals surface area (Å²) in [6, 6.07) is 5.24. The van der Waals surface area contributed by atoms with Crippen molar-refractivity contribution in [2.75, 3.05) is 31.2 Å². The first kappa shape index (κ1) is 15.3. The third-order valence-electron chi connectivity index (χ3n) is 4.22. The summed E-state index contributed by atoms with van der Waals surface area (Å²) < 4.78 is 45.2. The lowest BCUT2D eigenvalue weighted by Gasteiger charge is -2.49. The van der Waals surface area contributed by atoms with E-state index in [0.717, 1.165) is 19.0 Å². The van der Waals surface area contributed by atoms with Gasteiger partial charge in [0.05, 0.1) is 23.4 Å². The molecular formula is C15H17F3N2O2. The molecule has 120 valence electrons. The van der Waals surface area contributed by atoms with Crippen LogP contribution in [0, 0.1) is 0 Å². The highest BCUT2D eigenvalue weighted by molar-refractivity contribution is 5.97. The summed E-state index contributed by atoms with van der Waals surface area (Å²) in [7, 11) is 0. The molecule has 1 atom stereocenters. The fraction of sp³-hybridized carbons (Fsp3) is 0.533. The highest BCUT2D eigenvalue weighted by Gasteiger charge is 2.47. The number of para-hydroxylation sites is 1. The van der Waals surface area contributed by atoms with Crippen molar-refractivity contribution in [3.63, 3.8) is 0 Å². The number of anilines is 1. The first-order chi connectivity index (χ1) is 10.4. The van der Waals surface area contributed by atoms with Crippen molar-refractivity contribution in [2.24, 2.45) is 0 Å². The van der Waals surface area contributed by atoms with E-state index in [4.69, 9.17) is 4.74 Å². The van der Waals surface area contributed by atoms with Crippen molar-refractivity contribution in [1.82, 2.24) is 5.32 Å². The van der Waals surface area contributed by atoms with Crippen LogP contribution in [0.15, 0.2) is 24.3 Å². The number of amides is 1. The van der Waals surface area contributed by atoms with Crippen molar-refractivity contribution in [3.8, 4) is 0 Å². The number of hydrogen-bond acceptors (Lipinski definition) is 3. The van der Waals surface area contributed by atoms with E-state index in [1.165, 1.54) is 23.1 Å². The number of nitrogens with one attached hydrogen (secondary N) is 1. The Morgan fingerprint density at radius 3 is 2.73 bits per heavy atom. The maximum Gasteiger partial charge on any atom is 0.418 e. The molecule has 2 saturated heterocycles.